The summed E-state index contributed by atoms with van der Waals surface area (Å²) >= 11 is 0. The molecule has 0 bridgehead atoms. The highest BCUT2D eigenvalue weighted by Crippen LogP contribution is 2.30. The second-order valence-corrected chi connectivity index (χ2v) is 3.79. The largest absolute Gasteiger partial charge is 0.480 e. The molecular formula is C10H17NO4. The maximum atomic E-state index is 11.0. The Hall–Kier alpha value is -1.26. The lowest BCUT2D eigenvalue weighted by Gasteiger charge is -2.28. The van der Waals surface area contributed by atoms with Crippen LogP contribution in [0.3, 0.4) is 0 Å². The zero-order valence-corrected chi connectivity index (χ0v) is 8.86. The molecule has 1 rings (SSSR count). The van der Waals surface area contributed by atoms with Gasteiger partial charge in [0.1, 0.15) is 6.04 Å². The van der Waals surface area contributed by atoms with Gasteiger partial charge in [0.15, 0.2) is 0 Å². The van der Waals surface area contributed by atoms with Crippen LogP contribution in [-0.2, 0) is 9.53 Å². The Labute approximate surface area is 88.8 Å². The van der Waals surface area contributed by atoms with Crippen LogP contribution in [0.1, 0.15) is 32.6 Å². The first-order valence-corrected chi connectivity index (χ1v) is 5.29. The highest BCUT2D eigenvalue weighted by atomic mass is 16.5. The summed E-state index contributed by atoms with van der Waals surface area (Å²) in [6, 6.07) is -0.811. The molecular weight excluding hydrogens is 198 g/mol. The van der Waals surface area contributed by atoms with E-state index in [1.807, 2.05) is 0 Å². The highest BCUT2D eigenvalue weighted by Gasteiger charge is 2.27. The molecule has 5 nitrogen and oxygen atoms in total. The number of carboxylic acids is 1. The summed E-state index contributed by atoms with van der Waals surface area (Å²) in [7, 11) is 0. The average molecular weight is 215 g/mol. The van der Waals surface area contributed by atoms with Crippen molar-refractivity contribution in [2.45, 2.75) is 38.6 Å². The predicted molar refractivity (Wildman–Crippen MR) is 53.5 cm³/mol. The summed E-state index contributed by atoms with van der Waals surface area (Å²) < 4.78 is 4.64. The lowest BCUT2D eigenvalue weighted by atomic mass is 9.81. The van der Waals surface area contributed by atoms with E-state index in [9.17, 15) is 9.59 Å². The topological polar surface area (TPSA) is 75.6 Å². The van der Waals surface area contributed by atoms with Crippen molar-refractivity contribution in [3.8, 4) is 0 Å². The molecule has 0 spiro atoms. The number of carbonyl (C=O) groups excluding carboxylic acids is 1. The van der Waals surface area contributed by atoms with Gasteiger partial charge in [-0.2, -0.15) is 0 Å². The van der Waals surface area contributed by atoms with Crippen molar-refractivity contribution >= 4 is 12.1 Å². The molecule has 1 aliphatic carbocycles. The van der Waals surface area contributed by atoms with Gasteiger partial charge in [-0.3, -0.25) is 0 Å². The van der Waals surface area contributed by atoms with E-state index in [0.717, 1.165) is 19.3 Å². The first-order valence-electron chi connectivity index (χ1n) is 5.29. The van der Waals surface area contributed by atoms with Crippen molar-refractivity contribution in [3.63, 3.8) is 0 Å². The van der Waals surface area contributed by atoms with Crippen LogP contribution in [-0.4, -0.2) is 29.8 Å². The van der Waals surface area contributed by atoms with Crippen molar-refractivity contribution in [1.82, 2.24) is 5.32 Å². The Balaban J connectivity index is 2.35. The molecule has 1 aliphatic rings. The van der Waals surface area contributed by atoms with Crippen LogP contribution < -0.4 is 5.32 Å². The van der Waals surface area contributed by atoms with E-state index < -0.39 is 18.1 Å². The maximum Gasteiger partial charge on any atom is 0.407 e. The average Bonchev–Trinajstić information content (AvgIpc) is 2.09. The Morgan fingerprint density at radius 2 is 2.20 bits per heavy atom. The summed E-state index contributed by atoms with van der Waals surface area (Å²) in [4.78, 5) is 21.9. The van der Waals surface area contributed by atoms with E-state index in [2.05, 4.69) is 10.1 Å². The van der Waals surface area contributed by atoms with Gasteiger partial charge < -0.3 is 15.2 Å². The van der Waals surface area contributed by atoms with Gasteiger partial charge in [0.05, 0.1) is 6.61 Å². The summed E-state index contributed by atoms with van der Waals surface area (Å²) in [5, 5.41) is 11.2. The third-order valence-electron chi connectivity index (χ3n) is 2.66. The molecule has 1 atom stereocenters. The fraction of sp³-hybridized carbons (Fsp3) is 0.800. The molecule has 0 radical (unpaired) electrons. The van der Waals surface area contributed by atoms with Crippen molar-refractivity contribution in [1.29, 1.82) is 0 Å². The maximum absolute atomic E-state index is 11.0. The molecule has 1 saturated carbocycles. The van der Waals surface area contributed by atoms with Gasteiger partial charge in [0, 0.05) is 0 Å². The number of hydrogen-bond donors (Lipinski definition) is 2. The lowest BCUT2D eigenvalue weighted by molar-refractivity contribution is -0.140. The first kappa shape index (κ1) is 11.8. The molecule has 0 aromatic rings. The Morgan fingerprint density at radius 1 is 1.53 bits per heavy atom. The van der Waals surface area contributed by atoms with Gasteiger partial charge in [0.25, 0.3) is 0 Å². The number of alkyl carbamates (subject to hydrolysis) is 1. The molecule has 15 heavy (non-hydrogen) atoms. The Morgan fingerprint density at radius 3 is 2.60 bits per heavy atom. The predicted octanol–water partition coefficient (Wildman–Crippen LogP) is 1.38. The number of rotatable bonds is 5. The first-order chi connectivity index (χ1) is 7.13. The summed E-state index contributed by atoms with van der Waals surface area (Å²) in [6.07, 6.45) is 3.15. The summed E-state index contributed by atoms with van der Waals surface area (Å²) in [6.45, 7) is 1.93. The molecule has 0 saturated heterocycles. The van der Waals surface area contributed by atoms with E-state index >= 15 is 0 Å². The van der Waals surface area contributed by atoms with E-state index in [1.165, 1.54) is 0 Å². The fourth-order valence-electron chi connectivity index (χ4n) is 1.60. The highest BCUT2D eigenvalue weighted by molar-refractivity contribution is 5.79. The minimum atomic E-state index is -0.991. The second-order valence-electron chi connectivity index (χ2n) is 3.79. The fourth-order valence-corrected chi connectivity index (χ4v) is 1.60. The molecule has 0 unspecified atom stereocenters. The van der Waals surface area contributed by atoms with Crippen LogP contribution in [0.4, 0.5) is 4.79 Å². The summed E-state index contributed by atoms with van der Waals surface area (Å²) in [5.41, 5.74) is 0. The van der Waals surface area contributed by atoms with E-state index in [4.69, 9.17) is 5.11 Å². The van der Waals surface area contributed by atoms with Gasteiger partial charge in [-0.05, 0) is 19.3 Å². The number of carbonyl (C=O) groups is 2. The van der Waals surface area contributed by atoms with Gasteiger partial charge in [-0.15, -0.1) is 0 Å². The Kier molecular flexibility index (Phi) is 4.39. The number of carboxylic acid groups (broad SMARTS) is 1. The van der Waals surface area contributed by atoms with Crippen LogP contribution in [0.25, 0.3) is 0 Å². The van der Waals surface area contributed by atoms with Crippen LogP contribution >= 0.6 is 0 Å². The van der Waals surface area contributed by atoms with E-state index in [-0.39, 0.29) is 6.61 Å². The molecule has 0 aromatic carbocycles. The molecule has 5 heteroatoms. The summed E-state index contributed by atoms with van der Waals surface area (Å²) in [5.74, 6) is -0.553. The minimum absolute atomic E-state index is 0.252. The minimum Gasteiger partial charge on any atom is -0.480 e. The second kappa shape index (κ2) is 5.58. The molecule has 2 N–H and O–H groups in total. The number of nitrogens with one attached hydrogen (secondary N) is 1. The van der Waals surface area contributed by atoms with E-state index in [1.54, 1.807) is 6.92 Å². The monoisotopic (exact) mass is 215 g/mol. The van der Waals surface area contributed by atoms with Crippen molar-refractivity contribution in [3.05, 3.63) is 0 Å². The van der Waals surface area contributed by atoms with Crippen LogP contribution in [0.2, 0.25) is 0 Å². The quantitative estimate of drug-likeness (QED) is 0.726. The smallest absolute Gasteiger partial charge is 0.407 e. The number of ether oxygens (including phenoxy) is 1. The van der Waals surface area contributed by atoms with Crippen LogP contribution in [0, 0.1) is 5.92 Å². The number of aliphatic carboxylic acids is 1. The third kappa shape index (κ3) is 3.77. The standard InChI is InChI=1S/C10H17NO4/c1-2-15-10(14)11-8(9(12)13)6-7-4-3-5-7/h7-8H,2-6H2,1H3,(H,11,14)(H,12,13)/t8-/m1/s1. The zero-order chi connectivity index (χ0) is 11.3. The molecule has 0 aromatic heterocycles. The van der Waals surface area contributed by atoms with Crippen molar-refractivity contribution < 1.29 is 19.4 Å². The van der Waals surface area contributed by atoms with Gasteiger partial charge >= 0.3 is 12.1 Å². The molecule has 1 amide bonds. The molecule has 86 valence electrons. The van der Waals surface area contributed by atoms with Gasteiger partial charge in [0.2, 0.25) is 0 Å². The SMILES string of the molecule is CCOC(=O)N[C@H](CC1CCC1)C(=O)O. The molecule has 0 heterocycles. The van der Waals surface area contributed by atoms with Crippen LogP contribution in [0.5, 0.6) is 0 Å². The van der Waals surface area contributed by atoms with E-state index in [0.29, 0.717) is 12.3 Å². The third-order valence-corrected chi connectivity index (χ3v) is 2.66. The van der Waals surface area contributed by atoms with Crippen molar-refractivity contribution in [2.75, 3.05) is 6.61 Å². The van der Waals surface area contributed by atoms with Crippen molar-refractivity contribution in [2.24, 2.45) is 5.92 Å². The number of hydrogen-bond acceptors (Lipinski definition) is 3. The van der Waals surface area contributed by atoms with Gasteiger partial charge in [-0.25, -0.2) is 9.59 Å². The normalized spacial score (nSPS) is 17.7. The molecule has 0 aliphatic heterocycles. The number of amides is 1. The van der Waals surface area contributed by atoms with Crippen LogP contribution in [0.15, 0.2) is 0 Å². The Bertz CT molecular complexity index is 238. The lowest BCUT2D eigenvalue weighted by Crippen LogP contribution is -2.43. The zero-order valence-electron chi connectivity index (χ0n) is 8.86. The van der Waals surface area contributed by atoms with Gasteiger partial charge in [-0.1, -0.05) is 19.3 Å². The molecule has 1 fully saturated rings.